The van der Waals surface area contributed by atoms with Crippen LogP contribution in [0.5, 0.6) is 0 Å². The summed E-state index contributed by atoms with van der Waals surface area (Å²) in [7, 11) is -1.07. The molecule has 25 heavy (non-hydrogen) atoms. The molecule has 136 valence electrons. The summed E-state index contributed by atoms with van der Waals surface area (Å²) < 4.78 is 9.40. The number of benzene rings is 1. The van der Waals surface area contributed by atoms with Gasteiger partial charge in [-0.2, -0.15) is 0 Å². The minimum Gasteiger partial charge on any atom is -0.361 e. The van der Waals surface area contributed by atoms with E-state index < -0.39 is 8.07 Å². The first-order valence-corrected chi connectivity index (χ1v) is 13.6. The van der Waals surface area contributed by atoms with Crippen molar-refractivity contribution in [1.82, 2.24) is 14.9 Å². The maximum Gasteiger partial charge on any atom is 0.128 e. The van der Waals surface area contributed by atoms with Gasteiger partial charge < -0.3 is 14.6 Å². The standard InChI is InChI=1S/C19H28BrN3OSi/c1-25(2,3)12-11-24-14-23-18(15-6-8-16(20)9-7-15)13-22-19(23)17-5-4-10-21-17/h6-9,13,17,21H,4-5,10-12,14H2,1-3H3. The molecule has 0 spiro atoms. The predicted octanol–water partition coefficient (Wildman–Crippen LogP) is 5.05. The SMILES string of the molecule is C[Si](C)(C)CCOCn1c(-c2ccc(Br)cc2)cnc1C1CCCN1. The number of ether oxygens (including phenoxy) is 1. The fraction of sp³-hybridized carbons (Fsp3) is 0.526. The first-order valence-electron chi connectivity index (χ1n) is 9.06. The highest BCUT2D eigenvalue weighted by Gasteiger charge is 2.23. The van der Waals surface area contributed by atoms with Crippen molar-refractivity contribution in [1.29, 1.82) is 0 Å². The number of aromatic nitrogens is 2. The summed E-state index contributed by atoms with van der Waals surface area (Å²) in [6.07, 6.45) is 4.34. The highest BCUT2D eigenvalue weighted by atomic mass is 79.9. The molecule has 1 N–H and O–H groups in total. The normalized spacial score (nSPS) is 18.0. The summed E-state index contributed by atoms with van der Waals surface area (Å²) in [5.41, 5.74) is 2.30. The van der Waals surface area contributed by atoms with Crippen LogP contribution in [-0.4, -0.2) is 30.8 Å². The van der Waals surface area contributed by atoms with Gasteiger partial charge in [0.25, 0.3) is 0 Å². The topological polar surface area (TPSA) is 39.1 Å². The minimum atomic E-state index is -1.07. The first kappa shape index (κ1) is 18.8. The molecule has 0 bridgehead atoms. The van der Waals surface area contributed by atoms with Gasteiger partial charge in [0.05, 0.1) is 17.9 Å². The zero-order valence-electron chi connectivity index (χ0n) is 15.4. The maximum atomic E-state index is 6.06. The fourth-order valence-corrected chi connectivity index (χ4v) is 4.12. The van der Waals surface area contributed by atoms with E-state index in [1.54, 1.807) is 0 Å². The highest BCUT2D eigenvalue weighted by Crippen LogP contribution is 2.28. The number of rotatable bonds is 7. The Hall–Kier alpha value is -0.953. The summed E-state index contributed by atoms with van der Waals surface area (Å²) in [6.45, 7) is 9.62. The quantitative estimate of drug-likeness (QED) is 0.501. The van der Waals surface area contributed by atoms with Crippen LogP contribution in [0.15, 0.2) is 34.9 Å². The van der Waals surface area contributed by atoms with Crippen molar-refractivity contribution in [2.45, 2.75) is 51.3 Å². The second-order valence-electron chi connectivity index (χ2n) is 7.93. The van der Waals surface area contributed by atoms with Crippen LogP contribution in [0.2, 0.25) is 25.7 Å². The van der Waals surface area contributed by atoms with Gasteiger partial charge >= 0.3 is 0 Å². The Morgan fingerprint density at radius 1 is 1.28 bits per heavy atom. The van der Waals surface area contributed by atoms with Crippen LogP contribution >= 0.6 is 15.9 Å². The summed E-state index contributed by atoms with van der Waals surface area (Å²) in [6, 6.07) is 9.94. The second-order valence-corrected chi connectivity index (χ2v) is 14.5. The Kier molecular flexibility index (Phi) is 6.15. The van der Waals surface area contributed by atoms with Gasteiger partial charge in [0.1, 0.15) is 12.6 Å². The Bertz CT molecular complexity index is 688. The molecule has 1 aromatic carbocycles. The molecule has 0 saturated carbocycles. The molecule has 1 unspecified atom stereocenters. The average Bonchev–Trinajstić information content (AvgIpc) is 3.20. The van der Waals surface area contributed by atoms with E-state index in [0.717, 1.165) is 35.6 Å². The van der Waals surface area contributed by atoms with E-state index in [9.17, 15) is 0 Å². The van der Waals surface area contributed by atoms with E-state index in [2.05, 4.69) is 69.7 Å². The zero-order chi connectivity index (χ0) is 17.9. The van der Waals surface area contributed by atoms with Crippen molar-refractivity contribution in [2.24, 2.45) is 0 Å². The van der Waals surface area contributed by atoms with Crippen molar-refractivity contribution in [3.8, 4) is 11.3 Å². The number of imidazole rings is 1. The third-order valence-electron chi connectivity index (χ3n) is 4.62. The number of hydrogen-bond donors (Lipinski definition) is 1. The number of nitrogens with zero attached hydrogens (tertiary/aromatic N) is 2. The summed E-state index contributed by atoms with van der Waals surface area (Å²) >= 11 is 3.51. The van der Waals surface area contributed by atoms with E-state index in [1.807, 2.05) is 6.20 Å². The summed E-state index contributed by atoms with van der Waals surface area (Å²) in [5.74, 6) is 1.10. The molecule has 1 aliphatic heterocycles. The lowest BCUT2D eigenvalue weighted by molar-refractivity contribution is 0.0851. The first-order chi connectivity index (χ1) is 11.9. The molecule has 2 aromatic rings. The summed E-state index contributed by atoms with van der Waals surface area (Å²) in [4.78, 5) is 4.74. The predicted molar refractivity (Wildman–Crippen MR) is 109 cm³/mol. The van der Waals surface area contributed by atoms with Crippen LogP contribution < -0.4 is 5.32 Å². The van der Waals surface area contributed by atoms with E-state index in [-0.39, 0.29) is 0 Å². The number of hydrogen-bond acceptors (Lipinski definition) is 3. The van der Waals surface area contributed by atoms with E-state index in [0.29, 0.717) is 12.8 Å². The van der Waals surface area contributed by atoms with Crippen molar-refractivity contribution in [3.05, 3.63) is 40.8 Å². The minimum absolute atomic E-state index is 0.338. The summed E-state index contributed by atoms with van der Waals surface area (Å²) in [5, 5.41) is 3.56. The molecule has 3 rings (SSSR count). The largest absolute Gasteiger partial charge is 0.361 e. The molecular formula is C19H28BrN3OSi. The van der Waals surface area contributed by atoms with Crippen LogP contribution in [0.25, 0.3) is 11.3 Å². The van der Waals surface area contributed by atoms with Crippen LogP contribution in [0.3, 0.4) is 0 Å². The van der Waals surface area contributed by atoms with Gasteiger partial charge in [-0.25, -0.2) is 4.98 Å². The molecule has 0 amide bonds. The van der Waals surface area contributed by atoms with Gasteiger partial charge in [0.15, 0.2) is 0 Å². The highest BCUT2D eigenvalue weighted by molar-refractivity contribution is 9.10. The van der Waals surface area contributed by atoms with Crippen molar-refractivity contribution in [3.63, 3.8) is 0 Å². The Balaban J connectivity index is 1.81. The lowest BCUT2D eigenvalue weighted by Gasteiger charge is -2.19. The molecule has 0 aliphatic carbocycles. The van der Waals surface area contributed by atoms with Gasteiger partial charge in [0.2, 0.25) is 0 Å². The zero-order valence-corrected chi connectivity index (χ0v) is 18.0. The van der Waals surface area contributed by atoms with E-state index >= 15 is 0 Å². The van der Waals surface area contributed by atoms with Crippen molar-refractivity contribution >= 4 is 24.0 Å². The monoisotopic (exact) mass is 421 g/mol. The van der Waals surface area contributed by atoms with E-state index in [4.69, 9.17) is 9.72 Å². The maximum absolute atomic E-state index is 6.06. The van der Waals surface area contributed by atoms with Crippen molar-refractivity contribution in [2.75, 3.05) is 13.2 Å². The third kappa shape index (κ3) is 5.03. The lowest BCUT2D eigenvalue weighted by Crippen LogP contribution is -2.23. The van der Waals surface area contributed by atoms with Gasteiger partial charge in [-0.3, -0.25) is 0 Å². The lowest BCUT2D eigenvalue weighted by atomic mass is 10.1. The molecule has 6 heteroatoms. The molecule has 1 aromatic heterocycles. The number of nitrogens with one attached hydrogen (secondary N) is 1. The molecular weight excluding hydrogens is 394 g/mol. The average molecular weight is 422 g/mol. The van der Waals surface area contributed by atoms with Crippen LogP contribution in [0.1, 0.15) is 24.7 Å². The van der Waals surface area contributed by atoms with Crippen molar-refractivity contribution < 1.29 is 4.74 Å². The molecule has 1 aliphatic rings. The van der Waals surface area contributed by atoms with Gasteiger partial charge in [0, 0.05) is 19.2 Å². The Morgan fingerprint density at radius 2 is 2.04 bits per heavy atom. The van der Waals surface area contributed by atoms with Gasteiger partial charge in [-0.1, -0.05) is 47.7 Å². The molecule has 1 saturated heterocycles. The smallest absolute Gasteiger partial charge is 0.128 e. The second kappa shape index (κ2) is 8.16. The Labute approximate surface area is 160 Å². The molecule has 2 heterocycles. The van der Waals surface area contributed by atoms with Crippen LogP contribution in [0.4, 0.5) is 0 Å². The number of halogens is 1. The third-order valence-corrected chi connectivity index (χ3v) is 6.85. The van der Waals surface area contributed by atoms with Crippen LogP contribution in [-0.2, 0) is 11.5 Å². The molecule has 0 radical (unpaired) electrons. The van der Waals surface area contributed by atoms with Crippen LogP contribution in [0, 0.1) is 0 Å². The molecule has 1 atom stereocenters. The van der Waals surface area contributed by atoms with Gasteiger partial charge in [-0.05, 0) is 43.1 Å². The Morgan fingerprint density at radius 3 is 2.68 bits per heavy atom. The fourth-order valence-electron chi connectivity index (χ4n) is 3.09. The molecule has 4 nitrogen and oxygen atoms in total. The van der Waals surface area contributed by atoms with E-state index in [1.165, 1.54) is 18.0 Å². The molecule has 1 fully saturated rings. The van der Waals surface area contributed by atoms with Gasteiger partial charge in [-0.15, -0.1) is 0 Å².